The molecule has 1 N–H and O–H groups in total. The number of rotatable bonds is 5. The van der Waals surface area contributed by atoms with Crippen LogP contribution in [0.3, 0.4) is 0 Å². The van der Waals surface area contributed by atoms with Gasteiger partial charge in [0.05, 0.1) is 11.1 Å². The van der Waals surface area contributed by atoms with E-state index in [1.54, 1.807) is 17.5 Å². The summed E-state index contributed by atoms with van der Waals surface area (Å²) < 4.78 is 0. The van der Waals surface area contributed by atoms with Gasteiger partial charge in [-0.1, -0.05) is 43.3 Å². The summed E-state index contributed by atoms with van der Waals surface area (Å²) >= 11 is 3.07. The van der Waals surface area contributed by atoms with Crippen LogP contribution in [-0.4, -0.2) is 17.4 Å². The van der Waals surface area contributed by atoms with E-state index in [9.17, 15) is 4.79 Å². The van der Waals surface area contributed by atoms with E-state index >= 15 is 0 Å². The first-order valence-corrected chi connectivity index (χ1v) is 8.76. The number of aromatic nitrogens is 1. The summed E-state index contributed by atoms with van der Waals surface area (Å²) in [6, 6.07) is 14.2. The molecule has 0 aliphatic carbocycles. The quantitative estimate of drug-likeness (QED) is 0.754. The highest BCUT2D eigenvalue weighted by molar-refractivity contribution is 7.21. The molecule has 1 aromatic carbocycles. The molecule has 0 radical (unpaired) electrons. The largest absolute Gasteiger partial charge is 0.351 e. The Kier molecular flexibility index (Phi) is 4.65. The van der Waals surface area contributed by atoms with Crippen LogP contribution in [0.25, 0.3) is 9.88 Å². The second-order valence-corrected chi connectivity index (χ2v) is 7.01. The van der Waals surface area contributed by atoms with E-state index in [4.69, 9.17) is 0 Å². The molecule has 3 rings (SSSR count). The van der Waals surface area contributed by atoms with Gasteiger partial charge in [0.2, 0.25) is 0 Å². The molecule has 0 bridgehead atoms. The number of hydrogen-bond acceptors (Lipinski definition) is 4. The third-order valence-electron chi connectivity index (χ3n) is 3.40. The van der Waals surface area contributed by atoms with Gasteiger partial charge in [-0.25, -0.2) is 4.98 Å². The highest BCUT2D eigenvalue weighted by Gasteiger charge is 2.13. The van der Waals surface area contributed by atoms with Gasteiger partial charge in [-0.15, -0.1) is 22.7 Å². The molecule has 0 aliphatic heterocycles. The normalized spacial score (nSPS) is 12.0. The maximum Gasteiger partial charge on any atom is 0.263 e. The molecule has 1 amide bonds. The standard InChI is InChI=1S/C17H16N2OS2/c1-12(13-6-3-2-4-7-13)10-18-16(20)15-11-19-17(22-15)14-8-5-9-21-14/h2-9,11-12H,10H2,1H3,(H,18,20). The Bertz CT molecular complexity index is 735. The number of benzene rings is 1. The van der Waals surface area contributed by atoms with E-state index < -0.39 is 0 Å². The van der Waals surface area contributed by atoms with Crippen molar-refractivity contribution in [3.8, 4) is 9.88 Å². The number of hydrogen-bond donors (Lipinski definition) is 1. The minimum Gasteiger partial charge on any atom is -0.351 e. The zero-order valence-corrected chi connectivity index (χ0v) is 13.8. The Labute approximate surface area is 137 Å². The number of carbonyl (C=O) groups excluding carboxylic acids is 1. The van der Waals surface area contributed by atoms with Gasteiger partial charge in [0.1, 0.15) is 9.88 Å². The second-order valence-electron chi connectivity index (χ2n) is 5.03. The van der Waals surface area contributed by atoms with E-state index in [-0.39, 0.29) is 11.8 Å². The van der Waals surface area contributed by atoms with Gasteiger partial charge in [-0.3, -0.25) is 4.79 Å². The molecule has 0 saturated heterocycles. The van der Waals surface area contributed by atoms with Crippen LogP contribution in [0.5, 0.6) is 0 Å². The van der Waals surface area contributed by atoms with Crippen molar-refractivity contribution < 1.29 is 4.79 Å². The number of thiazole rings is 1. The van der Waals surface area contributed by atoms with Crippen molar-refractivity contribution in [2.75, 3.05) is 6.54 Å². The molecule has 0 fully saturated rings. The lowest BCUT2D eigenvalue weighted by Crippen LogP contribution is -2.26. The van der Waals surface area contributed by atoms with Crippen molar-refractivity contribution in [3.05, 3.63) is 64.5 Å². The molecule has 1 unspecified atom stereocenters. The van der Waals surface area contributed by atoms with E-state index in [2.05, 4.69) is 29.4 Å². The molecular weight excluding hydrogens is 312 g/mol. The number of nitrogens with one attached hydrogen (secondary N) is 1. The Morgan fingerprint density at radius 1 is 1.23 bits per heavy atom. The van der Waals surface area contributed by atoms with Gasteiger partial charge in [0, 0.05) is 6.54 Å². The maximum absolute atomic E-state index is 12.2. The molecule has 0 aliphatic rings. The predicted molar refractivity (Wildman–Crippen MR) is 92.6 cm³/mol. The van der Waals surface area contributed by atoms with Crippen LogP contribution in [0, 0.1) is 0 Å². The Morgan fingerprint density at radius 3 is 2.77 bits per heavy atom. The second kappa shape index (κ2) is 6.85. The van der Waals surface area contributed by atoms with Gasteiger partial charge in [0.25, 0.3) is 5.91 Å². The van der Waals surface area contributed by atoms with Gasteiger partial charge < -0.3 is 5.32 Å². The van der Waals surface area contributed by atoms with Crippen LogP contribution < -0.4 is 5.32 Å². The maximum atomic E-state index is 12.2. The smallest absolute Gasteiger partial charge is 0.263 e. The summed E-state index contributed by atoms with van der Waals surface area (Å²) in [5.41, 5.74) is 1.23. The van der Waals surface area contributed by atoms with Crippen molar-refractivity contribution in [2.45, 2.75) is 12.8 Å². The number of nitrogens with zero attached hydrogens (tertiary/aromatic N) is 1. The highest BCUT2D eigenvalue weighted by atomic mass is 32.1. The molecule has 0 spiro atoms. The average molecular weight is 328 g/mol. The SMILES string of the molecule is CC(CNC(=O)c1cnc(-c2cccs2)s1)c1ccccc1. The lowest BCUT2D eigenvalue weighted by atomic mass is 10.0. The topological polar surface area (TPSA) is 42.0 Å². The molecular formula is C17H16N2OS2. The fraction of sp³-hybridized carbons (Fsp3) is 0.176. The van der Waals surface area contributed by atoms with Crippen molar-refractivity contribution in [1.82, 2.24) is 10.3 Å². The van der Waals surface area contributed by atoms with Crippen LogP contribution in [0.2, 0.25) is 0 Å². The first-order valence-electron chi connectivity index (χ1n) is 7.07. The lowest BCUT2D eigenvalue weighted by Gasteiger charge is -2.12. The summed E-state index contributed by atoms with van der Waals surface area (Å²) in [5, 5.41) is 5.90. The van der Waals surface area contributed by atoms with Gasteiger partial charge in [0.15, 0.2) is 0 Å². The van der Waals surface area contributed by atoms with Crippen LogP contribution in [0.15, 0.2) is 54.0 Å². The molecule has 1 atom stereocenters. The van der Waals surface area contributed by atoms with Crippen molar-refractivity contribution in [1.29, 1.82) is 0 Å². The summed E-state index contributed by atoms with van der Waals surface area (Å²) in [6.45, 7) is 2.73. The summed E-state index contributed by atoms with van der Waals surface area (Å²) in [7, 11) is 0. The van der Waals surface area contributed by atoms with Gasteiger partial charge in [-0.05, 0) is 22.9 Å². The minimum atomic E-state index is -0.0527. The molecule has 2 aromatic heterocycles. The van der Waals surface area contributed by atoms with Gasteiger partial charge in [-0.2, -0.15) is 0 Å². The van der Waals surface area contributed by atoms with E-state index in [1.165, 1.54) is 16.9 Å². The van der Waals surface area contributed by atoms with E-state index in [1.807, 2.05) is 35.7 Å². The van der Waals surface area contributed by atoms with Gasteiger partial charge >= 0.3 is 0 Å². The third kappa shape index (κ3) is 3.43. The van der Waals surface area contributed by atoms with E-state index in [0.29, 0.717) is 11.4 Å². The first kappa shape index (κ1) is 14.9. The summed E-state index contributed by atoms with van der Waals surface area (Å²) in [5.74, 6) is 0.234. The predicted octanol–water partition coefficient (Wildman–Crippen LogP) is 4.41. The minimum absolute atomic E-state index is 0.0527. The fourth-order valence-electron chi connectivity index (χ4n) is 2.13. The van der Waals surface area contributed by atoms with Crippen molar-refractivity contribution >= 4 is 28.6 Å². The molecule has 2 heterocycles. The van der Waals surface area contributed by atoms with Crippen molar-refractivity contribution in [3.63, 3.8) is 0 Å². The number of carbonyl (C=O) groups is 1. The third-order valence-corrected chi connectivity index (χ3v) is 5.43. The van der Waals surface area contributed by atoms with E-state index in [0.717, 1.165) is 9.88 Å². The van der Waals surface area contributed by atoms with Crippen LogP contribution in [0.4, 0.5) is 0 Å². The molecule has 3 nitrogen and oxygen atoms in total. The number of amides is 1. The molecule has 0 saturated carbocycles. The summed E-state index contributed by atoms with van der Waals surface area (Å²) in [6.07, 6.45) is 1.65. The van der Waals surface area contributed by atoms with Crippen LogP contribution >= 0.6 is 22.7 Å². The fourth-order valence-corrected chi connectivity index (χ4v) is 3.76. The zero-order chi connectivity index (χ0) is 15.4. The monoisotopic (exact) mass is 328 g/mol. The summed E-state index contributed by atoms with van der Waals surface area (Å²) in [4.78, 5) is 18.3. The van der Waals surface area contributed by atoms with Crippen LogP contribution in [0.1, 0.15) is 28.1 Å². The zero-order valence-electron chi connectivity index (χ0n) is 12.2. The molecule has 3 aromatic rings. The lowest BCUT2D eigenvalue weighted by molar-refractivity contribution is 0.0955. The molecule has 22 heavy (non-hydrogen) atoms. The van der Waals surface area contributed by atoms with Crippen LogP contribution in [-0.2, 0) is 0 Å². The Balaban J connectivity index is 1.61. The number of thiophene rings is 1. The average Bonchev–Trinajstić information content (AvgIpc) is 3.23. The Hall–Kier alpha value is -1.98. The first-order chi connectivity index (χ1) is 10.7. The Morgan fingerprint density at radius 2 is 2.05 bits per heavy atom. The molecule has 5 heteroatoms. The molecule has 112 valence electrons. The van der Waals surface area contributed by atoms with Crippen molar-refractivity contribution in [2.24, 2.45) is 0 Å². The highest BCUT2D eigenvalue weighted by Crippen LogP contribution is 2.28.